The van der Waals surface area contributed by atoms with Gasteiger partial charge in [0.1, 0.15) is 0 Å². The molecule has 4 rings (SSSR count). The molecule has 0 saturated carbocycles. The van der Waals surface area contributed by atoms with E-state index in [9.17, 15) is 9.59 Å². The molecule has 5 nitrogen and oxygen atoms in total. The van der Waals surface area contributed by atoms with E-state index in [1.807, 2.05) is 0 Å². The molecule has 0 radical (unpaired) electrons. The second-order valence-corrected chi connectivity index (χ2v) is 10.00. The lowest BCUT2D eigenvalue weighted by Crippen LogP contribution is -2.47. The summed E-state index contributed by atoms with van der Waals surface area (Å²) in [7, 11) is 2.12. The first-order valence-corrected chi connectivity index (χ1v) is 12.3. The van der Waals surface area contributed by atoms with Crippen molar-refractivity contribution in [1.29, 1.82) is 0 Å². The van der Waals surface area contributed by atoms with Crippen molar-refractivity contribution in [2.24, 2.45) is 5.92 Å². The van der Waals surface area contributed by atoms with Crippen molar-refractivity contribution in [1.82, 2.24) is 14.7 Å². The number of fused-ring (bicyclic) bond motifs is 2. The highest BCUT2D eigenvalue weighted by molar-refractivity contribution is 5.85. The number of benzene rings is 1. The van der Waals surface area contributed by atoms with E-state index in [1.165, 1.54) is 11.1 Å². The van der Waals surface area contributed by atoms with E-state index in [0.717, 1.165) is 71.4 Å². The first-order chi connectivity index (χ1) is 15.0. The lowest BCUT2D eigenvalue weighted by Gasteiger charge is -2.41. The van der Waals surface area contributed by atoms with Crippen LogP contribution in [0.1, 0.15) is 69.4 Å². The maximum Gasteiger partial charge on any atom is 0.225 e. The van der Waals surface area contributed by atoms with Crippen LogP contribution in [0.15, 0.2) is 24.3 Å². The Kier molecular flexibility index (Phi) is 8.26. The predicted octanol–water partition coefficient (Wildman–Crippen LogP) is 4.06. The highest BCUT2D eigenvalue weighted by Crippen LogP contribution is 2.52. The van der Waals surface area contributed by atoms with Gasteiger partial charge < -0.3 is 14.7 Å². The lowest BCUT2D eigenvalue weighted by molar-refractivity contribution is -0.137. The molecular weight excluding hydrogens is 422 g/mol. The van der Waals surface area contributed by atoms with Crippen LogP contribution in [-0.2, 0) is 15.0 Å². The Hall–Kier alpha value is -1.59. The van der Waals surface area contributed by atoms with Gasteiger partial charge in [-0.25, -0.2) is 0 Å². The van der Waals surface area contributed by atoms with Gasteiger partial charge in [-0.1, -0.05) is 38.1 Å². The Balaban J connectivity index is 0.00000289. The van der Waals surface area contributed by atoms with Crippen molar-refractivity contribution in [3.8, 4) is 0 Å². The maximum absolute atomic E-state index is 13.1. The van der Waals surface area contributed by atoms with Crippen molar-refractivity contribution in [3.63, 3.8) is 0 Å². The van der Waals surface area contributed by atoms with Crippen molar-refractivity contribution in [2.45, 2.75) is 63.7 Å². The Labute approximate surface area is 199 Å². The van der Waals surface area contributed by atoms with Crippen molar-refractivity contribution in [2.75, 3.05) is 46.3 Å². The number of hydrogen-bond donors (Lipinski definition) is 0. The second-order valence-electron chi connectivity index (χ2n) is 10.00. The number of carbonyl (C=O) groups excluding carboxylic acids is 2. The van der Waals surface area contributed by atoms with Gasteiger partial charge in [-0.2, -0.15) is 0 Å². The minimum Gasteiger partial charge on any atom is -0.342 e. The summed E-state index contributed by atoms with van der Waals surface area (Å²) >= 11 is 0. The van der Waals surface area contributed by atoms with E-state index in [-0.39, 0.29) is 23.7 Å². The molecule has 32 heavy (non-hydrogen) atoms. The fourth-order valence-corrected chi connectivity index (χ4v) is 6.13. The maximum atomic E-state index is 13.1. The lowest BCUT2D eigenvalue weighted by atomic mass is 9.73. The van der Waals surface area contributed by atoms with Gasteiger partial charge in [-0.05, 0) is 61.6 Å². The second kappa shape index (κ2) is 10.6. The molecule has 2 saturated heterocycles. The summed E-state index contributed by atoms with van der Waals surface area (Å²) in [6.07, 6.45) is 5.58. The van der Waals surface area contributed by atoms with Crippen LogP contribution in [-0.4, -0.2) is 72.8 Å². The highest BCUT2D eigenvalue weighted by atomic mass is 35.5. The molecule has 178 valence electrons. The summed E-state index contributed by atoms with van der Waals surface area (Å²) in [5.74, 6) is 1.13. The third-order valence-electron chi connectivity index (χ3n) is 8.25. The molecule has 2 fully saturated rings. The predicted molar refractivity (Wildman–Crippen MR) is 131 cm³/mol. The fraction of sp³-hybridized carbons (Fsp3) is 0.692. The minimum atomic E-state index is 0. The minimum absolute atomic E-state index is 0. The Morgan fingerprint density at radius 1 is 0.969 bits per heavy atom. The summed E-state index contributed by atoms with van der Waals surface area (Å²) in [5, 5.41) is 0. The van der Waals surface area contributed by atoms with Gasteiger partial charge in [-0.3, -0.25) is 9.59 Å². The van der Waals surface area contributed by atoms with Crippen molar-refractivity contribution >= 4 is 24.2 Å². The number of piperazine rings is 1. The highest BCUT2D eigenvalue weighted by Gasteiger charge is 2.46. The van der Waals surface area contributed by atoms with Gasteiger partial charge >= 0.3 is 0 Å². The monoisotopic (exact) mass is 461 g/mol. The number of rotatable bonds is 5. The van der Waals surface area contributed by atoms with Gasteiger partial charge in [0.15, 0.2) is 0 Å². The quantitative estimate of drug-likeness (QED) is 0.664. The molecule has 6 heteroatoms. The van der Waals surface area contributed by atoms with Gasteiger partial charge in [0.2, 0.25) is 11.8 Å². The third-order valence-corrected chi connectivity index (χ3v) is 8.25. The van der Waals surface area contributed by atoms with Crippen LogP contribution in [0.2, 0.25) is 0 Å². The molecule has 0 aromatic heterocycles. The summed E-state index contributed by atoms with van der Waals surface area (Å²) in [6.45, 7) is 9.57. The van der Waals surface area contributed by atoms with E-state index in [4.69, 9.17) is 0 Å². The summed E-state index contributed by atoms with van der Waals surface area (Å²) < 4.78 is 0. The largest absolute Gasteiger partial charge is 0.342 e. The third kappa shape index (κ3) is 4.84. The number of piperidine rings is 1. The number of nitrogens with zero attached hydrogens (tertiary/aromatic N) is 3. The van der Waals surface area contributed by atoms with Crippen LogP contribution >= 0.6 is 12.4 Å². The Morgan fingerprint density at radius 2 is 1.59 bits per heavy atom. The van der Waals surface area contributed by atoms with Crippen molar-refractivity contribution in [3.05, 3.63) is 35.4 Å². The fourth-order valence-electron chi connectivity index (χ4n) is 6.13. The molecule has 0 N–H and O–H groups in total. The van der Waals surface area contributed by atoms with Crippen LogP contribution in [0.4, 0.5) is 0 Å². The zero-order valence-corrected chi connectivity index (χ0v) is 20.8. The van der Waals surface area contributed by atoms with Crippen molar-refractivity contribution < 1.29 is 9.59 Å². The topological polar surface area (TPSA) is 43.9 Å². The smallest absolute Gasteiger partial charge is 0.225 e. The molecule has 2 heterocycles. The van der Waals surface area contributed by atoms with Crippen LogP contribution in [0.5, 0.6) is 0 Å². The van der Waals surface area contributed by atoms with E-state index in [1.54, 1.807) is 0 Å². The average molecular weight is 462 g/mol. The molecule has 1 aromatic rings. The molecule has 1 spiro atoms. The molecule has 1 aliphatic carbocycles. The molecule has 1 aromatic carbocycles. The first-order valence-electron chi connectivity index (χ1n) is 12.3. The molecule has 2 aliphatic heterocycles. The average Bonchev–Trinajstić information content (AvgIpc) is 3.08. The van der Waals surface area contributed by atoms with Crippen LogP contribution in [0.3, 0.4) is 0 Å². The standard InChI is InChI=1S/C26H39N3O2.ClH/c1-4-20(5-2)25(31)29-12-10-26(11-13-29)19-21(22-8-6-7-9-23(22)26)18-24(30)28-16-14-27(3)15-17-28;/h6-9,20-21H,4-5,10-19H2,1-3H3;1H. The molecular formula is C26H40ClN3O2. The number of carbonyl (C=O) groups is 2. The number of likely N-dealkylation sites (N-methyl/N-ethyl adjacent to an activating group) is 1. The van der Waals surface area contributed by atoms with Gasteiger partial charge in [0, 0.05) is 51.6 Å². The van der Waals surface area contributed by atoms with Gasteiger partial charge in [0.25, 0.3) is 0 Å². The normalized spacial score (nSPS) is 22.7. The SMILES string of the molecule is CCC(CC)C(=O)N1CCC2(CC1)CC(CC(=O)N1CCN(C)CC1)c1ccccc12.Cl. The van der Waals surface area contributed by atoms with E-state index in [0.29, 0.717) is 24.2 Å². The molecule has 3 aliphatic rings. The number of halogens is 1. The van der Waals surface area contributed by atoms with Gasteiger partial charge in [-0.15, -0.1) is 12.4 Å². The molecule has 2 amide bonds. The van der Waals surface area contributed by atoms with Gasteiger partial charge in [0.05, 0.1) is 0 Å². The number of hydrogen-bond acceptors (Lipinski definition) is 3. The molecule has 0 bridgehead atoms. The first kappa shape index (κ1) is 25.0. The number of likely N-dealkylation sites (tertiary alicyclic amines) is 1. The Bertz CT molecular complexity index is 794. The summed E-state index contributed by atoms with van der Waals surface area (Å²) in [4.78, 5) is 32.4. The van der Waals surface area contributed by atoms with Crippen LogP contribution < -0.4 is 0 Å². The Morgan fingerprint density at radius 3 is 2.22 bits per heavy atom. The van der Waals surface area contributed by atoms with Crippen LogP contribution in [0.25, 0.3) is 0 Å². The summed E-state index contributed by atoms with van der Waals surface area (Å²) in [5.41, 5.74) is 2.96. The van der Waals surface area contributed by atoms with E-state index in [2.05, 4.69) is 59.9 Å². The number of amides is 2. The zero-order valence-electron chi connectivity index (χ0n) is 20.0. The van der Waals surface area contributed by atoms with Crippen LogP contribution in [0, 0.1) is 5.92 Å². The van der Waals surface area contributed by atoms with E-state index >= 15 is 0 Å². The summed E-state index contributed by atoms with van der Waals surface area (Å²) in [6, 6.07) is 8.80. The molecule has 1 atom stereocenters. The zero-order chi connectivity index (χ0) is 22.0. The van der Waals surface area contributed by atoms with E-state index < -0.39 is 0 Å². The molecule has 1 unspecified atom stereocenters.